The van der Waals surface area contributed by atoms with Gasteiger partial charge in [-0.05, 0) is 49.1 Å². The lowest BCUT2D eigenvalue weighted by Crippen LogP contribution is -2.05. The number of aryl methyl sites for hydroxylation is 1. The van der Waals surface area contributed by atoms with E-state index in [1.54, 1.807) is 0 Å². The van der Waals surface area contributed by atoms with Crippen LogP contribution in [0.15, 0.2) is 48.5 Å². The van der Waals surface area contributed by atoms with E-state index in [0.29, 0.717) is 11.7 Å². The summed E-state index contributed by atoms with van der Waals surface area (Å²) in [5.41, 5.74) is 2.61. The van der Waals surface area contributed by atoms with Crippen molar-refractivity contribution in [2.45, 2.75) is 32.3 Å². The van der Waals surface area contributed by atoms with Gasteiger partial charge in [-0.1, -0.05) is 31.2 Å². The molecule has 20 heavy (non-hydrogen) atoms. The van der Waals surface area contributed by atoms with Gasteiger partial charge >= 0.3 is 0 Å². The van der Waals surface area contributed by atoms with Gasteiger partial charge in [-0.3, -0.25) is 4.79 Å². The molecule has 0 saturated heterocycles. The van der Waals surface area contributed by atoms with Gasteiger partial charge in [-0.25, -0.2) is 0 Å². The van der Waals surface area contributed by atoms with Crippen molar-refractivity contribution in [2.75, 3.05) is 0 Å². The zero-order valence-corrected chi connectivity index (χ0v) is 11.6. The summed E-state index contributed by atoms with van der Waals surface area (Å²) in [6, 6.07) is 15.3. The Hall–Kier alpha value is -2.09. The van der Waals surface area contributed by atoms with Crippen molar-refractivity contribution < 1.29 is 9.53 Å². The molecule has 0 atom stereocenters. The lowest BCUT2D eigenvalue weighted by molar-refractivity contribution is 0.103. The Balaban J connectivity index is 1.82. The molecule has 0 unspecified atom stereocenters. The van der Waals surface area contributed by atoms with Gasteiger partial charge < -0.3 is 4.74 Å². The predicted molar refractivity (Wildman–Crippen MR) is 79.3 cm³/mol. The normalized spacial score (nSPS) is 14.1. The van der Waals surface area contributed by atoms with Crippen LogP contribution in [0.3, 0.4) is 0 Å². The lowest BCUT2D eigenvalue weighted by atomic mass is 9.97. The Kier molecular flexibility index (Phi) is 3.55. The Morgan fingerprint density at radius 1 is 1.10 bits per heavy atom. The van der Waals surface area contributed by atoms with Gasteiger partial charge in [-0.15, -0.1) is 0 Å². The van der Waals surface area contributed by atoms with E-state index in [2.05, 4.69) is 6.92 Å². The van der Waals surface area contributed by atoms with E-state index in [4.69, 9.17) is 4.74 Å². The van der Waals surface area contributed by atoms with E-state index in [0.717, 1.165) is 36.1 Å². The Labute approximate surface area is 119 Å². The molecule has 0 aromatic heterocycles. The Bertz CT molecular complexity index is 610. The van der Waals surface area contributed by atoms with Crippen LogP contribution < -0.4 is 4.74 Å². The minimum Gasteiger partial charge on any atom is -0.490 e. The molecule has 0 aliphatic heterocycles. The molecule has 1 aliphatic rings. The molecule has 1 fully saturated rings. The number of carbonyl (C=O) groups excluding carboxylic acids is 1. The molecule has 2 aromatic rings. The molecule has 0 amide bonds. The van der Waals surface area contributed by atoms with Crippen LogP contribution in [0.1, 0.15) is 41.3 Å². The van der Waals surface area contributed by atoms with Crippen molar-refractivity contribution in [3.8, 4) is 5.75 Å². The summed E-state index contributed by atoms with van der Waals surface area (Å²) in [6.07, 6.45) is 3.54. The van der Waals surface area contributed by atoms with Crippen molar-refractivity contribution in [1.82, 2.24) is 0 Å². The number of rotatable bonds is 5. The first kappa shape index (κ1) is 12.9. The average molecular weight is 266 g/mol. The molecule has 102 valence electrons. The van der Waals surface area contributed by atoms with Crippen molar-refractivity contribution >= 4 is 5.78 Å². The number of ketones is 1. The van der Waals surface area contributed by atoms with E-state index in [9.17, 15) is 4.79 Å². The highest BCUT2D eigenvalue weighted by Crippen LogP contribution is 2.27. The van der Waals surface area contributed by atoms with Gasteiger partial charge in [-0.2, -0.15) is 0 Å². The highest BCUT2D eigenvalue weighted by molar-refractivity contribution is 6.09. The highest BCUT2D eigenvalue weighted by atomic mass is 16.5. The summed E-state index contributed by atoms with van der Waals surface area (Å²) in [4.78, 5) is 12.5. The first-order chi connectivity index (χ1) is 9.78. The molecule has 0 spiro atoms. The molecule has 2 aromatic carbocycles. The number of hydrogen-bond donors (Lipinski definition) is 0. The molecule has 0 radical (unpaired) electrons. The summed E-state index contributed by atoms with van der Waals surface area (Å²) in [6.45, 7) is 2.07. The fourth-order valence-corrected chi connectivity index (χ4v) is 2.27. The molecule has 3 rings (SSSR count). The second-order valence-electron chi connectivity index (χ2n) is 5.18. The quantitative estimate of drug-likeness (QED) is 0.764. The van der Waals surface area contributed by atoms with Gasteiger partial charge in [0.15, 0.2) is 5.78 Å². The summed E-state index contributed by atoms with van der Waals surface area (Å²) < 4.78 is 5.70. The van der Waals surface area contributed by atoms with Crippen LogP contribution in [0, 0.1) is 0 Å². The van der Waals surface area contributed by atoms with Gasteiger partial charge in [0.25, 0.3) is 0 Å². The van der Waals surface area contributed by atoms with Crippen LogP contribution in [0.5, 0.6) is 5.75 Å². The third-order valence-corrected chi connectivity index (χ3v) is 3.59. The Morgan fingerprint density at radius 2 is 1.80 bits per heavy atom. The largest absolute Gasteiger partial charge is 0.490 e. The molecule has 0 heterocycles. The molecular formula is C18H18O2. The van der Waals surface area contributed by atoms with Crippen molar-refractivity contribution in [2.24, 2.45) is 0 Å². The minimum atomic E-state index is 0.0837. The first-order valence-electron chi connectivity index (χ1n) is 7.17. The van der Waals surface area contributed by atoms with E-state index >= 15 is 0 Å². The molecule has 2 heteroatoms. The van der Waals surface area contributed by atoms with Crippen LogP contribution in [-0.2, 0) is 6.42 Å². The third-order valence-electron chi connectivity index (χ3n) is 3.59. The van der Waals surface area contributed by atoms with Gasteiger partial charge in [0, 0.05) is 11.1 Å². The molecule has 0 N–H and O–H groups in total. The number of carbonyl (C=O) groups is 1. The van der Waals surface area contributed by atoms with Crippen molar-refractivity contribution in [3.63, 3.8) is 0 Å². The minimum absolute atomic E-state index is 0.0837. The highest BCUT2D eigenvalue weighted by Gasteiger charge is 2.23. The molecule has 1 aliphatic carbocycles. The van der Waals surface area contributed by atoms with Gasteiger partial charge in [0.2, 0.25) is 0 Å². The van der Waals surface area contributed by atoms with E-state index in [-0.39, 0.29) is 5.78 Å². The van der Waals surface area contributed by atoms with E-state index < -0.39 is 0 Å². The topological polar surface area (TPSA) is 26.3 Å². The van der Waals surface area contributed by atoms with E-state index in [1.807, 2.05) is 48.5 Å². The van der Waals surface area contributed by atoms with Crippen molar-refractivity contribution in [1.29, 1.82) is 0 Å². The van der Waals surface area contributed by atoms with Crippen LogP contribution >= 0.6 is 0 Å². The van der Waals surface area contributed by atoms with Crippen LogP contribution in [0.25, 0.3) is 0 Å². The van der Waals surface area contributed by atoms with Crippen LogP contribution in [0.4, 0.5) is 0 Å². The van der Waals surface area contributed by atoms with Crippen molar-refractivity contribution in [3.05, 3.63) is 65.2 Å². The maximum Gasteiger partial charge on any atom is 0.193 e. The second-order valence-corrected chi connectivity index (χ2v) is 5.18. The second kappa shape index (κ2) is 5.49. The fourth-order valence-electron chi connectivity index (χ4n) is 2.27. The smallest absolute Gasteiger partial charge is 0.193 e. The lowest BCUT2D eigenvalue weighted by Gasteiger charge is -2.08. The summed E-state index contributed by atoms with van der Waals surface area (Å²) in [5, 5.41) is 0. The Morgan fingerprint density at radius 3 is 2.45 bits per heavy atom. The maximum atomic E-state index is 12.5. The van der Waals surface area contributed by atoms with Crippen LogP contribution in [-0.4, -0.2) is 11.9 Å². The zero-order valence-electron chi connectivity index (χ0n) is 11.6. The van der Waals surface area contributed by atoms with Gasteiger partial charge in [0.05, 0.1) is 6.10 Å². The molecule has 1 saturated carbocycles. The summed E-state index contributed by atoms with van der Waals surface area (Å²) in [7, 11) is 0. The predicted octanol–water partition coefficient (Wildman–Crippen LogP) is 4.02. The number of benzene rings is 2. The molecular weight excluding hydrogens is 248 g/mol. The first-order valence-corrected chi connectivity index (χ1v) is 7.17. The summed E-state index contributed by atoms with van der Waals surface area (Å²) >= 11 is 0. The SMILES string of the molecule is CCc1ccccc1C(=O)c1ccc(OC2CC2)cc1. The van der Waals surface area contributed by atoms with Crippen LogP contribution in [0.2, 0.25) is 0 Å². The average Bonchev–Trinajstić information content (AvgIpc) is 3.31. The molecule has 0 bridgehead atoms. The number of hydrogen-bond acceptors (Lipinski definition) is 2. The standard InChI is InChI=1S/C18H18O2/c1-2-13-5-3-4-6-17(13)18(19)14-7-9-15(10-8-14)20-16-11-12-16/h3-10,16H,2,11-12H2,1H3. The zero-order chi connectivity index (χ0) is 13.9. The maximum absolute atomic E-state index is 12.5. The molecule has 2 nitrogen and oxygen atoms in total. The van der Waals surface area contributed by atoms with E-state index in [1.165, 1.54) is 0 Å². The monoisotopic (exact) mass is 266 g/mol. The third kappa shape index (κ3) is 2.74. The van der Waals surface area contributed by atoms with Gasteiger partial charge in [0.1, 0.15) is 5.75 Å². The fraction of sp³-hybridized carbons (Fsp3) is 0.278. The number of ether oxygens (including phenoxy) is 1. The summed E-state index contributed by atoms with van der Waals surface area (Å²) in [5.74, 6) is 0.938.